The molecule has 0 aliphatic heterocycles. The molecule has 0 saturated heterocycles. The predicted molar refractivity (Wildman–Crippen MR) is 50.1 cm³/mol. The van der Waals surface area contributed by atoms with Crippen molar-refractivity contribution in [3.63, 3.8) is 0 Å². The minimum absolute atomic E-state index is 0.349. The summed E-state index contributed by atoms with van der Waals surface area (Å²) in [6.45, 7) is 0.349. The molecule has 62 valence electrons. The molecule has 0 amide bonds. The van der Waals surface area contributed by atoms with Crippen LogP contribution in [0.1, 0.15) is 5.56 Å². The highest BCUT2D eigenvalue weighted by atomic mass is 79.9. The van der Waals surface area contributed by atoms with Crippen molar-refractivity contribution in [3.05, 3.63) is 33.3 Å². The van der Waals surface area contributed by atoms with Crippen LogP contribution in [0.2, 0.25) is 5.02 Å². The molecule has 3 nitrogen and oxygen atoms in total. The molecule has 0 unspecified atom stereocenters. The van der Waals surface area contributed by atoms with Gasteiger partial charge in [0.25, 0.3) is 0 Å². The van der Waals surface area contributed by atoms with Gasteiger partial charge in [0.15, 0.2) is 0 Å². The van der Waals surface area contributed by atoms with Crippen molar-refractivity contribution in [2.75, 3.05) is 0 Å². The van der Waals surface area contributed by atoms with Crippen LogP contribution in [0, 0.1) is 5.53 Å². The summed E-state index contributed by atoms with van der Waals surface area (Å²) in [5.41, 5.74) is 7.34. The molecular weight excluding hydrogens is 241 g/mol. The van der Waals surface area contributed by atoms with Crippen molar-refractivity contribution >= 4 is 27.5 Å². The van der Waals surface area contributed by atoms with Crippen molar-refractivity contribution in [3.8, 4) is 0 Å². The van der Waals surface area contributed by atoms with Crippen LogP contribution in [-0.4, -0.2) is 0 Å². The van der Waals surface area contributed by atoms with Crippen LogP contribution in [0.3, 0.4) is 0 Å². The molecular formula is C7H6BrClN3+. The van der Waals surface area contributed by atoms with Gasteiger partial charge in [0.2, 0.25) is 4.91 Å². The third-order valence-corrected chi connectivity index (χ3v) is 2.18. The average Bonchev–Trinajstić information content (AvgIpc) is 2.07. The van der Waals surface area contributed by atoms with Gasteiger partial charge in [-0.25, -0.2) is 0 Å². The molecule has 0 radical (unpaired) electrons. The van der Waals surface area contributed by atoms with E-state index in [1.54, 1.807) is 6.07 Å². The Morgan fingerprint density at radius 1 is 1.58 bits per heavy atom. The van der Waals surface area contributed by atoms with Crippen molar-refractivity contribution in [1.82, 2.24) is 4.91 Å². The highest BCUT2D eigenvalue weighted by Gasteiger charge is 2.01. The highest BCUT2D eigenvalue weighted by molar-refractivity contribution is 9.10. The quantitative estimate of drug-likeness (QED) is 0.616. The minimum atomic E-state index is 0.349. The summed E-state index contributed by atoms with van der Waals surface area (Å²) < 4.78 is 0.946. The van der Waals surface area contributed by atoms with E-state index in [1.165, 1.54) is 0 Å². The summed E-state index contributed by atoms with van der Waals surface area (Å²) in [6.07, 6.45) is 0. The van der Waals surface area contributed by atoms with E-state index in [0.717, 1.165) is 10.0 Å². The Morgan fingerprint density at radius 2 is 2.33 bits per heavy atom. The molecule has 0 heterocycles. The van der Waals surface area contributed by atoms with E-state index in [9.17, 15) is 0 Å². The normalized spacial score (nSPS) is 9.17. The molecule has 0 saturated carbocycles. The summed E-state index contributed by atoms with van der Waals surface area (Å²) >= 11 is 9.16. The summed E-state index contributed by atoms with van der Waals surface area (Å²) in [7, 11) is 0. The number of nitrogens with zero attached hydrogens (tertiary/aromatic N) is 2. The van der Waals surface area contributed by atoms with Gasteiger partial charge in [-0.3, -0.25) is 0 Å². The zero-order chi connectivity index (χ0) is 8.97. The van der Waals surface area contributed by atoms with E-state index in [0.29, 0.717) is 11.6 Å². The lowest BCUT2D eigenvalue weighted by molar-refractivity contribution is 0.857. The number of hydrogen-bond acceptors (Lipinski definition) is 2. The molecule has 0 spiro atoms. The fraction of sp³-hybridized carbons (Fsp3) is 0.143. The SMILES string of the molecule is N=[N+]=NCc1cc(Br)ccc1Cl. The standard InChI is InChI=1S/C7H6BrClN3/c8-6-1-2-7(9)5(3-6)4-11-12-10/h1-3,10H,4H2/q+1. The Labute approximate surface area is 83.1 Å². The van der Waals surface area contributed by atoms with Crippen LogP contribution in [0.15, 0.2) is 27.8 Å². The van der Waals surface area contributed by atoms with Crippen molar-refractivity contribution in [2.24, 2.45) is 5.11 Å². The van der Waals surface area contributed by atoms with Crippen LogP contribution in [0.5, 0.6) is 0 Å². The third-order valence-electron chi connectivity index (χ3n) is 1.32. The Kier molecular flexibility index (Phi) is 3.41. The first-order chi connectivity index (χ1) is 5.74. The van der Waals surface area contributed by atoms with E-state index < -0.39 is 0 Å². The molecule has 0 atom stereocenters. The van der Waals surface area contributed by atoms with Gasteiger partial charge in [0.05, 0.1) is 0 Å². The zero-order valence-corrected chi connectivity index (χ0v) is 8.43. The summed E-state index contributed by atoms with van der Waals surface area (Å²) in [4.78, 5) is 2.90. The lowest BCUT2D eigenvalue weighted by atomic mass is 10.2. The smallest absolute Gasteiger partial charge is 0.0840 e. The van der Waals surface area contributed by atoms with E-state index in [4.69, 9.17) is 17.1 Å². The Balaban J connectivity index is 2.96. The maximum Gasteiger partial charge on any atom is 0.214 e. The Morgan fingerprint density at radius 3 is 3.00 bits per heavy atom. The number of benzene rings is 1. The molecule has 1 rings (SSSR count). The zero-order valence-electron chi connectivity index (χ0n) is 6.09. The second-order valence-electron chi connectivity index (χ2n) is 2.14. The van der Waals surface area contributed by atoms with Gasteiger partial charge in [0, 0.05) is 15.1 Å². The molecule has 5 heteroatoms. The molecule has 0 aliphatic rings. The largest absolute Gasteiger partial charge is 0.214 e. The molecule has 0 fully saturated rings. The van der Waals surface area contributed by atoms with Crippen molar-refractivity contribution in [1.29, 1.82) is 5.53 Å². The van der Waals surface area contributed by atoms with Crippen molar-refractivity contribution < 1.29 is 0 Å². The molecule has 12 heavy (non-hydrogen) atoms. The first kappa shape index (κ1) is 9.39. The van der Waals surface area contributed by atoms with E-state index in [1.807, 2.05) is 12.1 Å². The third kappa shape index (κ3) is 2.41. The van der Waals surface area contributed by atoms with Crippen LogP contribution >= 0.6 is 27.5 Å². The fourth-order valence-electron chi connectivity index (χ4n) is 0.776. The molecule has 0 aromatic heterocycles. The number of halogens is 2. The lowest BCUT2D eigenvalue weighted by Gasteiger charge is -1.97. The Hall–Kier alpha value is -0.700. The van der Waals surface area contributed by atoms with E-state index in [-0.39, 0.29) is 0 Å². The fourth-order valence-corrected chi connectivity index (χ4v) is 1.36. The van der Waals surface area contributed by atoms with Gasteiger partial charge in [0.1, 0.15) is 17.2 Å². The maximum absolute atomic E-state index is 6.48. The monoisotopic (exact) mass is 246 g/mol. The van der Waals surface area contributed by atoms with Gasteiger partial charge in [-0.15, -0.1) is 0 Å². The van der Waals surface area contributed by atoms with Crippen LogP contribution in [-0.2, 0) is 6.54 Å². The summed E-state index contributed by atoms with van der Waals surface area (Å²) in [6, 6.07) is 5.49. The van der Waals surface area contributed by atoms with Crippen molar-refractivity contribution in [2.45, 2.75) is 6.54 Å². The lowest BCUT2D eigenvalue weighted by Crippen LogP contribution is -1.83. The predicted octanol–water partition coefficient (Wildman–Crippen LogP) is 3.15. The van der Waals surface area contributed by atoms with Crippen LogP contribution in [0.4, 0.5) is 0 Å². The van der Waals surface area contributed by atoms with Gasteiger partial charge < -0.3 is 0 Å². The van der Waals surface area contributed by atoms with Crippen LogP contribution < -0.4 is 4.91 Å². The van der Waals surface area contributed by atoms with Gasteiger partial charge in [-0.05, 0) is 18.2 Å². The molecule has 1 aromatic rings. The Bertz CT molecular complexity index is 333. The second-order valence-corrected chi connectivity index (χ2v) is 3.46. The number of rotatable bonds is 2. The van der Waals surface area contributed by atoms with Gasteiger partial charge >= 0.3 is 0 Å². The molecule has 0 aliphatic carbocycles. The van der Waals surface area contributed by atoms with Crippen LogP contribution in [0.25, 0.3) is 0 Å². The van der Waals surface area contributed by atoms with Gasteiger partial charge in [-0.1, -0.05) is 27.5 Å². The minimum Gasteiger partial charge on any atom is -0.0840 e. The second kappa shape index (κ2) is 4.36. The first-order valence-electron chi connectivity index (χ1n) is 3.21. The summed E-state index contributed by atoms with van der Waals surface area (Å²) in [5.74, 6) is 0. The number of nitrogens with one attached hydrogen (secondary N) is 1. The van der Waals surface area contributed by atoms with E-state index in [2.05, 4.69) is 26.0 Å². The number of hydrogen-bond donors (Lipinski definition) is 1. The van der Waals surface area contributed by atoms with E-state index >= 15 is 0 Å². The summed E-state index contributed by atoms with van der Waals surface area (Å²) in [5, 5.41) is 4.17. The maximum atomic E-state index is 6.48. The molecule has 1 N–H and O–H groups in total. The topological polar surface area (TPSA) is 50.3 Å². The molecule has 1 aromatic carbocycles. The molecule has 0 bridgehead atoms. The average molecular weight is 248 g/mol. The first-order valence-corrected chi connectivity index (χ1v) is 4.38. The van der Waals surface area contributed by atoms with Gasteiger partial charge in [-0.2, -0.15) is 0 Å². The highest BCUT2D eigenvalue weighted by Crippen LogP contribution is 2.21.